The standard InChI is InChI=1S/C28H32F4N6O/c1-16-7-9-34-22(12-16)24(18-5-6-18)36-26(39)21-14-17(15-38-11-10-37(2)27(38)33)13-20(23(21)29)19-4-3-8-35-25(19)28(30,31)32/h3-4,8,10-11,13-14,16,18,22,24,33-34H,5-7,9,12,15H2,1-2H3,(H,36,39)/t16?,22?,24-/m0/s1. The summed E-state index contributed by atoms with van der Waals surface area (Å²) in [7, 11) is 1.69. The third kappa shape index (κ3) is 5.78. The number of benzene rings is 1. The van der Waals surface area contributed by atoms with Gasteiger partial charge in [0.2, 0.25) is 5.62 Å². The summed E-state index contributed by atoms with van der Waals surface area (Å²) in [6, 6.07) is 5.00. The number of aromatic nitrogens is 3. The molecule has 2 aliphatic rings. The van der Waals surface area contributed by atoms with Crippen molar-refractivity contribution >= 4 is 5.91 Å². The van der Waals surface area contributed by atoms with Crippen molar-refractivity contribution in [2.45, 2.75) is 57.4 Å². The second kappa shape index (κ2) is 10.6. The highest BCUT2D eigenvalue weighted by atomic mass is 19.4. The van der Waals surface area contributed by atoms with Crippen LogP contribution < -0.4 is 16.3 Å². The van der Waals surface area contributed by atoms with Gasteiger partial charge < -0.3 is 19.8 Å². The normalized spacial score (nSPS) is 20.6. The Bertz CT molecular complexity index is 1420. The first-order valence-corrected chi connectivity index (χ1v) is 13.2. The van der Waals surface area contributed by atoms with Gasteiger partial charge in [-0.05, 0) is 67.8 Å². The molecule has 11 heteroatoms. The van der Waals surface area contributed by atoms with Crippen LogP contribution in [-0.2, 0) is 19.8 Å². The predicted octanol–water partition coefficient (Wildman–Crippen LogP) is 4.47. The third-order valence-corrected chi connectivity index (χ3v) is 7.73. The molecule has 39 heavy (non-hydrogen) atoms. The Kier molecular flexibility index (Phi) is 7.37. The molecule has 1 aromatic carbocycles. The molecular weight excluding hydrogens is 512 g/mol. The molecule has 7 nitrogen and oxygen atoms in total. The van der Waals surface area contributed by atoms with E-state index in [2.05, 4.69) is 22.5 Å². The smallest absolute Gasteiger partial charge is 0.347 e. The highest BCUT2D eigenvalue weighted by Gasteiger charge is 2.40. The molecule has 2 unspecified atom stereocenters. The Balaban J connectivity index is 1.57. The van der Waals surface area contributed by atoms with Gasteiger partial charge >= 0.3 is 6.18 Å². The Morgan fingerprint density at radius 1 is 1.23 bits per heavy atom. The number of rotatable bonds is 7. The van der Waals surface area contributed by atoms with E-state index in [9.17, 15) is 18.0 Å². The fourth-order valence-corrected chi connectivity index (χ4v) is 5.49. The summed E-state index contributed by atoms with van der Waals surface area (Å²) in [4.78, 5) is 17.1. The number of nitrogens with one attached hydrogen (secondary N) is 3. The highest BCUT2D eigenvalue weighted by molar-refractivity contribution is 5.96. The topological polar surface area (TPSA) is 87.7 Å². The molecule has 3 aromatic rings. The number of piperidine rings is 1. The number of hydrogen-bond donors (Lipinski definition) is 3. The molecule has 0 radical (unpaired) electrons. The summed E-state index contributed by atoms with van der Waals surface area (Å²) in [6.07, 6.45) is 3.37. The van der Waals surface area contributed by atoms with E-state index in [1.165, 1.54) is 18.2 Å². The predicted molar refractivity (Wildman–Crippen MR) is 137 cm³/mol. The molecule has 3 N–H and O–H groups in total. The van der Waals surface area contributed by atoms with Gasteiger partial charge in [-0.1, -0.05) is 13.0 Å². The molecule has 1 aliphatic heterocycles. The van der Waals surface area contributed by atoms with Gasteiger partial charge in [0.05, 0.1) is 12.1 Å². The molecule has 3 atom stereocenters. The van der Waals surface area contributed by atoms with Crippen LogP contribution in [0, 0.1) is 23.1 Å². The van der Waals surface area contributed by atoms with Crippen molar-refractivity contribution < 1.29 is 22.4 Å². The first-order valence-electron chi connectivity index (χ1n) is 13.2. The van der Waals surface area contributed by atoms with Crippen LogP contribution in [0.3, 0.4) is 0 Å². The van der Waals surface area contributed by atoms with Gasteiger partial charge in [0.25, 0.3) is 5.91 Å². The summed E-state index contributed by atoms with van der Waals surface area (Å²) in [5.74, 6) is -0.912. The number of hydrogen-bond acceptors (Lipinski definition) is 4. The lowest BCUT2D eigenvalue weighted by Crippen LogP contribution is -2.54. The van der Waals surface area contributed by atoms with E-state index in [4.69, 9.17) is 5.41 Å². The average Bonchev–Trinajstić information content (AvgIpc) is 3.69. The zero-order valence-electron chi connectivity index (χ0n) is 21.9. The lowest BCUT2D eigenvalue weighted by atomic mass is 9.88. The maximum atomic E-state index is 16.0. The van der Waals surface area contributed by atoms with E-state index in [1.54, 1.807) is 28.6 Å². The largest absolute Gasteiger partial charge is 0.433 e. The van der Waals surface area contributed by atoms with Gasteiger partial charge in [-0.15, -0.1) is 0 Å². The number of alkyl halides is 3. The molecule has 3 heterocycles. The summed E-state index contributed by atoms with van der Waals surface area (Å²) in [5.41, 5.74) is -1.80. The van der Waals surface area contributed by atoms with Crippen LogP contribution in [0.25, 0.3) is 11.1 Å². The van der Waals surface area contributed by atoms with Crippen LogP contribution in [0.1, 0.15) is 54.2 Å². The maximum absolute atomic E-state index is 16.0. The number of nitrogens with zero attached hydrogens (tertiary/aromatic N) is 3. The van der Waals surface area contributed by atoms with Crippen LogP contribution in [0.15, 0.2) is 42.9 Å². The van der Waals surface area contributed by atoms with Crippen molar-refractivity contribution in [3.05, 3.63) is 71.1 Å². The molecule has 1 saturated heterocycles. The van der Waals surface area contributed by atoms with Crippen molar-refractivity contribution in [2.75, 3.05) is 6.54 Å². The van der Waals surface area contributed by atoms with Crippen molar-refractivity contribution in [2.24, 2.45) is 18.9 Å². The Morgan fingerprint density at radius 2 is 2.00 bits per heavy atom. The minimum absolute atomic E-state index is 0.0526. The van der Waals surface area contributed by atoms with Crippen molar-refractivity contribution in [3.63, 3.8) is 0 Å². The summed E-state index contributed by atoms with van der Waals surface area (Å²) in [5, 5.41) is 14.7. The van der Waals surface area contributed by atoms with E-state index in [1.807, 2.05) is 0 Å². The lowest BCUT2D eigenvalue weighted by Gasteiger charge is -2.35. The maximum Gasteiger partial charge on any atom is 0.433 e. The third-order valence-electron chi connectivity index (χ3n) is 7.73. The molecule has 1 saturated carbocycles. The summed E-state index contributed by atoms with van der Waals surface area (Å²) < 4.78 is 60.7. The van der Waals surface area contributed by atoms with Gasteiger partial charge in [-0.25, -0.2) is 4.39 Å². The first kappa shape index (κ1) is 27.1. The van der Waals surface area contributed by atoms with Gasteiger partial charge in [-0.3, -0.25) is 15.2 Å². The molecule has 208 valence electrons. The fourth-order valence-electron chi connectivity index (χ4n) is 5.49. The molecule has 1 amide bonds. The average molecular weight is 545 g/mol. The zero-order chi connectivity index (χ0) is 27.9. The Hall–Kier alpha value is -3.47. The molecule has 2 aromatic heterocycles. The molecule has 0 bridgehead atoms. The van der Waals surface area contributed by atoms with Crippen LogP contribution >= 0.6 is 0 Å². The van der Waals surface area contributed by atoms with Gasteiger partial charge in [0.1, 0.15) is 5.82 Å². The van der Waals surface area contributed by atoms with E-state index in [-0.39, 0.29) is 41.3 Å². The van der Waals surface area contributed by atoms with Crippen LogP contribution in [0.2, 0.25) is 0 Å². The van der Waals surface area contributed by atoms with Gasteiger partial charge in [-0.2, -0.15) is 13.2 Å². The zero-order valence-corrected chi connectivity index (χ0v) is 21.9. The number of carbonyl (C=O) groups excluding carboxylic acids is 1. The summed E-state index contributed by atoms with van der Waals surface area (Å²) >= 11 is 0. The summed E-state index contributed by atoms with van der Waals surface area (Å²) in [6.45, 7) is 3.08. The van der Waals surface area contributed by atoms with Crippen LogP contribution in [-0.4, -0.2) is 38.7 Å². The molecule has 5 rings (SSSR count). The first-order chi connectivity index (χ1) is 18.5. The van der Waals surface area contributed by atoms with E-state index in [0.29, 0.717) is 11.5 Å². The SMILES string of the molecule is CC1CCNC([C@@H](NC(=O)c2cc(Cn3ccn(C)c3=N)cc(-c3cccnc3C(F)(F)F)c2F)C2CC2)C1. The van der Waals surface area contributed by atoms with Crippen molar-refractivity contribution in [1.82, 2.24) is 24.8 Å². The van der Waals surface area contributed by atoms with E-state index < -0.39 is 29.2 Å². The lowest BCUT2D eigenvalue weighted by molar-refractivity contribution is -0.140. The number of halogens is 4. The van der Waals surface area contributed by atoms with Crippen molar-refractivity contribution in [3.8, 4) is 11.1 Å². The monoisotopic (exact) mass is 544 g/mol. The van der Waals surface area contributed by atoms with Crippen molar-refractivity contribution in [1.29, 1.82) is 5.41 Å². The van der Waals surface area contributed by atoms with Gasteiger partial charge in [0, 0.05) is 48.8 Å². The fraction of sp³-hybridized carbons (Fsp3) is 0.464. The number of carbonyl (C=O) groups is 1. The van der Waals surface area contributed by atoms with E-state index >= 15 is 4.39 Å². The van der Waals surface area contributed by atoms with Crippen LogP contribution in [0.4, 0.5) is 17.6 Å². The second-order valence-corrected chi connectivity index (χ2v) is 10.8. The van der Waals surface area contributed by atoms with Gasteiger partial charge in [0.15, 0.2) is 5.69 Å². The molecule has 1 aliphatic carbocycles. The minimum atomic E-state index is -4.82. The number of pyridine rings is 1. The quantitative estimate of drug-likeness (QED) is 0.384. The number of imidazole rings is 1. The minimum Gasteiger partial charge on any atom is -0.347 e. The Morgan fingerprint density at radius 3 is 2.64 bits per heavy atom. The molecular formula is C28H32F4N6O. The molecule has 0 spiro atoms. The number of aryl methyl sites for hydroxylation is 1. The molecule has 2 fully saturated rings. The number of amides is 1. The van der Waals surface area contributed by atoms with E-state index in [0.717, 1.165) is 44.5 Å². The second-order valence-electron chi connectivity index (χ2n) is 10.8. The van der Waals surface area contributed by atoms with Crippen LogP contribution in [0.5, 0.6) is 0 Å². The Labute approximate surface area is 223 Å². The highest BCUT2D eigenvalue weighted by Crippen LogP contribution is 2.39.